The van der Waals surface area contributed by atoms with Gasteiger partial charge in [-0.05, 0) is 50.4 Å². The Morgan fingerprint density at radius 3 is 2.67 bits per heavy atom. The van der Waals surface area contributed by atoms with Gasteiger partial charge in [-0.15, -0.1) is 12.4 Å². The predicted octanol–water partition coefficient (Wildman–Crippen LogP) is 2.89. The lowest BCUT2D eigenvalue weighted by molar-refractivity contribution is -0.136. The van der Waals surface area contributed by atoms with E-state index in [0.29, 0.717) is 37.7 Å². The van der Waals surface area contributed by atoms with Crippen LogP contribution in [0.2, 0.25) is 0 Å². The fourth-order valence-electron chi connectivity index (χ4n) is 2.94. The molecule has 1 aromatic rings. The SMILES string of the molecule is C/C=C/c1ccc(OCC(=O)N2CCC(OCCCN)CC2)c(OC)c1.Cl. The van der Waals surface area contributed by atoms with Crippen LogP contribution in [0.25, 0.3) is 6.08 Å². The molecule has 0 unspecified atom stereocenters. The summed E-state index contributed by atoms with van der Waals surface area (Å²) < 4.78 is 16.8. The van der Waals surface area contributed by atoms with Gasteiger partial charge < -0.3 is 24.8 Å². The number of carbonyl (C=O) groups is 1. The molecule has 27 heavy (non-hydrogen) atoms. The molecule has 2 rings (SSSR count). The number of ether oxygens (including phenoxy) is 3. The van der Waals surface area contributed by atoms with Gasteiger partial charge >= 0.3 is 0 Å². The highest BCUT2D eigenvalue weighted by Gasteiger charge is 2.23. The zero-order valence-corrected chi connectivity index (χ0v) is 17.0. The van der Waals surface area contributed by atoms with E-state index in [4.69, 9.17) is 19.9 Å². The molecule has 0 spiro atoms. The maximum atomic E-state index is 12.4. The summed E-state index contributed by atoms with van der Waals surface area (Å²) >= 11 is 0. The van der Waals surface area contributed by atoms with Crippen LogP contribution in [0.1, 0.15) is 31.7 Å². The van der Waals surface area contributed by atoms with Crippen molar-refractivity contribution in [1.29, 1.82) is 0 Å². The van der Waals surface area contributed by atoms with E-state index in [1.807, 2.05) is 42.2 Å². The van der Waals surface area contributed by atoms with E-state index in [1.165, 1.54) is 0 Å². The number of allylic oxidation sites excluding steroid dienone is 1. The molecule has 1 saturated heterocycles. The summed E-state index contributed by atoms with van der Waals surface area (Å²) in [5.41, 5.74) is 6.50. The highest BCUT2D eigenvalue weighted by molar-refractivity contribution is 5.85. The molecule has 0 aromatic heterocycles. The third-order valence-electron chi connectivity index (χ3n) is 4.39. The number of hydrogen-bond donors (Lipinski definition) is 1. The van der Waals surface area contributed by atoms with Crippen molar-refractivity contribution >= 4 is 24.4 Å². The number of nitrogens with zero attached hydrogens (tertiary/aromatic N) is 1. The average Bonchev–Trinajstić information content (AvgIpc) is 2.67. The Morgan fingerprint density at radius 2 is 2.04 bits per heavy atom. The van der Waals surface area contributed by atoms with Crippen LogP contribution >= 0.6 is 12.4 Å². The quantitative estimate of drug-likeness (QED) is 0.647. The van der Waals surface area contributed by atoms with Gasteiger partial charge in [-0.1, -0.05) is 18.2 Å². The second-order valence-electron chi connectivity index (χ2n) is 6.29. The second-order valence-corrected chi connectivity index (χ2v) is 6.29. The lowest BCUT2D eigenvalue weighted by atomic mass is 10.1. The number of piperidine rings is 1. The van der Waals surface area contributed by atoms with Crippen molar-refractivity contribution in [3.05, 3.63) is 29.8 Å². The van der Waals surface area contributed by atoms with Crippen LogP contribution in [-0.4, -0.2) is 56.9 Å². The number of hydrogen-bond acceptors (Lipinski definition) is 5. The van der Waals surface area contributed by atoms with E-state index in [2.05, 4.69) is 0 Å². The van der Waals surface area contributed by atoms with Crippen LogP contribution in [0.15, 0.2) is 24.3 Å². The van der Waals surface area contributed by atoms with Gasteiger partial charge in [-0.3, -0.25) is 4.79 Å². The molecule has 0 aliphatic carbocycles. The molecule has 1 aliphatic heterocycles. The van der Waals surface area contributed by atoms with Crippen LogP contribution in [0, 0.1) is 0 Å². The van der Waals surface area contributed by atoms with Crippen molar-refractivity contribution in [2.75, 3.05) is 40.0 Å². The fraction of sp³-hybridized carbons (Fsp3) is 0.550. The van der Waals surface area contributed by atoms with Gasteiger partial charge in [0.2, 0.25) is 0 Å². The highest BCUT2D eigenvalue weighted by atomic mass is 35.5. The van der Waals surface area contributed by atoms with Gasteiger partial charge in [0.05, 0.1) is 13.2 Å². The number of rotatable bonds is 9. The molecular weight excluding hydrogens is 368 g/mol. The summed E-state index contributed by atoms with van der Waals surface area (Å²) in [6, 6.07) is 5.66. The summed E-state index contributed by atoms with van der Waals surface area (Å²) in [6.45, 7) is 4.72. The average molecular weight is 399 g/mol. The minimum absolute atomic E-state index is 0. The standard InChI is InChI=1S/C20H30N2O4.ClH/c1-3-5-16-6-7-18(19(14-16)24-2)26-15-20(23)22-11-8-17(9-12-22)25-13-4-10-21;/h3,5-7,14,17H,4,8-13,15,21H2,1-2H3;1H/b5-3+;. The molecule has 1 fully saturated rings. The van der Waals surface area contributed by atoms with E-state index in [9.17, 15) is 4.79 Å². The molecule has 1 heterocycles. The lowest BCUT2D eigenvalue weighted by Crippen LogP contribution is -2.43. The number of halogens is 1. The molecule has 0 bridgehead atoms. The smallest absolute Gasteiger partial charge is 0.260 e. The predicted molar refractivity (Wildman–Crippen MR) is 110 cm³/mol. The van der Waals surface area contributed by atoms with Crippen molar-refractivity contribution in [3.8, 4) is 11.5 Å². The lowest BCUT2D eigenvalue weighted by Gasteiger charge is -2.32. The number of benzene rings is 1. The van der Waals surface area contributed by atoms with E-state index in [-0.39, 0.29) is 31.0 Å². The zero-order valence-electron chi connectivity index (χ0n) is 16.2. The fourth-order valence-corrected chi connectivity index (χ4v) is 2.94. The Balaban J connectivity index is 0.00000364. The van der Waals surface area contributed by atoms with E-state index in [1.54, 1.807) is 7.11 Å². The molecule has 1 aliphatic rings. The van der Waals surface area contributed by atoms with Gasteiger partial charge in [0.15, 0.2) is 18.1 Å². The van der Waals surface area contributed by atoms with Crippen LogP contribution in [-0.2, 0) is 9.53 Å². The molecule has 1 amide bonds. The maximum absolute atomic E-state index is 12.4. The first-order chi connectivity index (χ1) is 12.7. The van der Waals surface area contributed by atoms with Crippen molar-refractivity contribution in [3.63, 3.8) is 0 Å². The largest absolute Gasteiger partial charge is 0.493 e. The van der Waals surface area contributed by atoms with Gasteiger partial charge in [0.1, 0.15) is 0 Å². The van der Waals surface area contributed by atoms with Gasteiger partial charge in [0, 0.05) is 19.7 Å². The number of likely N-dealkylation sites (tertiary alicyclic amines) is 1. The minimum Gasteiger partial charge on any atom is -0.493 e. The van der Waals surface area contributed by atoms with Gasteiger partial charge in [0.25, 0.3) is 5.91 Å². The minimum atomic E-state index is -0.00927. The molecule has 7 heteroatoms. The van der Waals surface area contributed by atoms with E-state index >= 15 is 0 Å². The molecule has 6 nitrogen and oxygen atoms in total. The third-order valence-corrected chi connectivity index (χ3v) is 4.39. The Morgan fingerprint density at radius 1 is 1.30 bits per heavy atom. The monoisotopic (exact) mass is 398 g/mol. The van der Waals surface area contributed by atoms with Crippen LogP contribution in [0.5, 0.6) is 11.5 Å². The Labute approximate surface area is 168 Å². The number of nitrogens with two attached hydrogens (primary N) is 1. The number of amides is 1. The number of carbonyl (C=O) groups excluding carboxylic acids is 1. The maximum Gasteiger partial charge on any atom is 0.260 e. The normalized spacial score (nSPS) is 14.9. The molecule has 0 radical (unpaired) electrons. The van der Waals surface area contributed by atoms with Gasteiger partial charge in [-0.25, -0.2) is 0 Å². The van der Waals surface area contributed by atoms with Crippen molar-refractivity contribution in [1.82, 2.24) is 4.90 Å². The Hall–Kier alpha value is -1.76. The van der Waals surface area contributed by atoms with E-state index in [0.717, 1.165) is 24.8 Å². The summed E-state index contributed by atoms with van der Waals surface area (Å²) in [6.07, 6.45) is 6.77. The van der Waals surface area contributed by atoms with E-state index < -0.39 is 0 Å². The topological polar surface area (TPSA) is 74.0 Å². The van der Waals surface area contributed by atoms with Crippen molar-refractivity contribution in [2.24, 2.45) is 5.73 Å². The highest BCUT2D eigenvalue weighted by Crippen LogP contribution is 2.28. The van der Waals surface area contributed by atoms with Crippen molar-refractivity contribution in [2.45, 2.75) is 32.3 Å². The summed E-state index contributed by atoms with van der Waals surface area (Å²) in [7, 11) is 1.60. The molecule has 1 aromatic carbocycles. The molecular formula is C20H31ClN2O4. The van der Waals surface area contributed by atoms with Crippen molar-refractivity contribution < 1.29 is 19.0 Å². The third kappa shape index (κ3) is 7.40. The second kappa shape index (κ2) is 12.6. The Kier molecular flexibility index (Phi) is 10.9. The van der Waals surface area contributed by atoms with Crippen LogP contribution in [0.3, 0.4) is 0 Å². The van der Waals surface area contributed by atoms with Crippen LogP contribution in [0.4, 0.5) is 0 Å². The first kappa shape index (κ1) is 23.3. The molecule has 0 atom stereocenters. The Bertz CT molecular complexity index is 602. The number of methoxy groups -OCH3 is 1. The summed E-state index contributed by atoms with van der Waals surface area (Å²) in [5.74, 6) is 1.19. The summed E-state index contributed by atoms with van der Waals surface area (Å²) in [4.78, 5) is 14.2. The zero-order chi connectivity index (χ0) is 18.8. The first-order valence-electron chi connectivity index (χ1n) is 9.21. The first-order valence-corrected chi connectivity index (χ1v) is 9.21. The molecule has 152 valence electrons. The summed E-state index contributed by atoms with van der Waals surface area (Å²) in [5, 5.41) is 0. The van der Waals surface area contributed by atoms with Crippen LogP contribution < -0.4 is 15.2 Å². The molecule has 0 saturated carbocycles. The van der Waals surface area contributed by atoms with Gasteiger partial charge in [-0.2, -0.15) is 0 Å². The molecule has 2 N–H and O–H groups in total.